The number of amides is 1. The predicted molar refractivity (Wildman–Crippen MR) is 72.9 cm³/mol. The minimum absolute atomic E-state index is 0. The van der Waals surface area contributed by atoms with Gasteiger partial charge in [-0.2, -0.15) is 8.78 Å². The maximum atomic E-state index is 12.1. The zero-order valence-corrected chi connectivity index (χ0v) is 11.7. The van der Waals surface area contributed by atoms with Crippen molar-refractivity contribution in [1.29, 1.82) is 0 Å². The Hall–Kier alpha value is -1.60. The van der Waals surface area contributed by atoms with Crippen LogP contribution in [-0.4, -0.2) is 32.7 Å². The fraction of sp³-hybridized carbons (Fsp3) is 0.417. The van der Waals surface area contributed by atoms with Crippen molar-refractivity contribution in [2.75, 3.05) is 20.2 Å². The number of methoxy groups -OCH3 is 1. The lowest BCUT2D eigenvalue weighted by molar-refractivity contribution is -0.0512. The smallest absolute Gasteiger partial charge is 0.387 e. The molecule has 1 rings (SSSR count). The van der Waals surface area contributed by atoms with Gasteiger partial charge in [-0.1, -0.05) is 0 Å². The molecular weight excluding hydrogens is 294 g/mol. The van der Waals surface area contributed by atoms with E-state index in [1.807, 2.05) is 0 Å². The molecule has 0 radical (unpaired) electrons. The summed E-state index contributed by atoms with van der Waals surface area (Å²) in [7, 11) is 1.31. The molecule has 0 aliphatic carbocycles. The van der Waals surface area contributed by atoms with Gasteiger partial charge in [0.1, 0.15) is 0 Å². The van der Waals surface area contributed by atoms with Crippen molar-refractivity contribution in [3.8, 4) is 11.5 Å². The maximum absolute atomic E-state index is 12.1. The first-order chi connectivity index (χ1) is 9.08. The summed E-state index contributed by atoms with van der Waals surface area (Å²) < 4.78 is 33.4. The van der Waals surface area contributed by atoms with E-state index >= 15 is 0 Å². The van der Waals surface area contributed by atoms with Crippen LogP contribution in [0.5, 0.6) is 11.5 Å². The molecule has 0 heterocycles. The van der Waals surface area contributed by atoms with Crippen LogP contribution in [-0.2, 0) is 0 Å². The molecule has 0 spiro atoms. The minimum Gasteiger partial charge on any atom is -0.493 e. The Balaban J connectivity index is 0.00000361. The first-order valence-electron chi connectivity index (χ1n) is 5.69. The van der Waals surface area contributed by atoms with Gasteiger partial charge in [0.05, 0.1) is 7.11 Å². The molecule has 0 bridgehead atoms. The molecule has 0 aliphatic rings. The van der Waals surface area contributed by atoms with Gasteiger partial charge >= 0.3 is 6.61 Å². The van der Waals surface area contributed by atoms with Crippen LogP contribution in [0.25, 0.3) is 0 Å². The number of hydrogen-bond donors (Lipinski definition) is 2. The summed E-state index contributed by atoms with van der Waals surface area (Å²) >= 11 is 0. The largest absolute Gasteiger partial charge is 0.493 e. The van der Waals surface area contributed by atoms with Crippen molar-refractivity contribution < 1.29 is 23.0 Å². The Morgan fingerprint density at radius 3 is 2.65 bits per heavy atom. The van der Waals surface area contributed by atoms with Crippen LogP contribution >= 0.6 is 12.4 Å². The Morgan fingerprint density at radius 2 is 2.10 bits per heavy atom. The highest BCUT2D eigenvalue weighted by atomic mass is 35.5. The molecule has 20 heavy (non-hydrogen) atoms. The summed E-state index contributed by atoms with van der Waals surface area (Å²) in [6, 6.07) is 4.00. The van der Waals surface area contributed by atoms with Crippen LogP contribution in [0.4, 0.5) is 8.78 Å². The van der Waals surface area contributed by atoms with Gasteiger partial charge in [0.15, 0.2) is 11.5 Å². The Labute approximate surface area is 121 Å². The van der Waals surface area contributed by atoms with Gasteiger partial charge in [0.25, 0.3) is 5.91 Å². The van der Waals surface area contributed by atoms with Gasteiger partial charge in [0.2, 0.25) is 0 Å². The normalized spacial score (nSPS) is 9.85. The lowest BCUT2D eigenvalue weighted by Crippen LogP contribution is -2.25. The van der Waals surface area contributed by atoms with E-state index in [1.165, 1.54) is 25.3 Å². The molecule has 0 saturated carbocycles. The van der Waals surface area contributed by atoms with Crippen LogP contribution in [0.1, 0.15) is 16.8 Å². The van der Waals surface area contributed by atoms with Crippen LogP contribution in [0.2, 0.25) is 0 Å². The molecule has 1 amide bonds. The van der Waals surface area contributed by atoms with Gasteiger partial charge in [0, 0.05) is 12.1 Å². The predicted octanol–water partition coefficient (Wildman–Crippen LogP) is 1.80. The van der Waals surface area contributed by atoms with Gasteiger partial charge in [-0.15, -0.1) is 12.4 Å². The molecule has 1 aromatic carbocycles. The van der Waals surface area contributed by atoms with E-state index in [0.29, 0.717) is 25.1 Å². The fourth-order valence-electron chi connectivity index (χ4n) is 1.41. The number of nitrogens with two attached hydrogens (primary N) is 1. The number of alkyl halides is 2. The molecule has 5 nitrogen and oxygen atoms in total. The first-order valence-corrected chi connectivity index (χ1v) is 5.69. The molecule has 0 aliphatic heterocycles. The third kappa shape index (κ3) is 5.58. The number of carbonyl (C=O) groups is 1. The molecule has 0 unspecified atom stereocenters. The Bertz CT molecular complexity index is 433. The summed E-state index contributed by atoms with van der Waals surface area (Å²) in [5.74, 6) is -0.363. The van der Waals surface area contributed by atoms with Crippen LogP contribution in [0.3, 0.4) is 0 Å². The second kappa shape index (κ2) is 9.33. The number of benzene rings is 1. The van der Waals surface area contributed by atoms with Gasteiger partial charge in [-0.25, -0.2) is 0 Å². The quantitative estimate of drug-likeness (QED) is 0.753. The molecule has 0 fully saturated rings. The lowest BCUT2D eigenvalue weighted by Gasteiger charge is -2.11. The van der Waals surface area contributed by atoms with E-state index in [-0.39, 0.29) is 29.8 Å². The standard InChI is InChI=1S/C12H16F2N2O3.ClH/c1-18-10-7-8(11(17)16-6-2-5-15)3-4-9(10)19-12(13)14;/h3-4,7,12H,2,5-6,15H2,1H3,(H,16,17);1H. The van der Waals surface area contributed by atoms with Crippen molar-refractivity contribution >= 4 is 18.3 Å². The minimum atomic E-state index is -2.95. The third-order valence-electron chi connectivity index (χ3n) is 2.31. The number of ether oxygens (including phenoxy) is 2. The molecule has 8 heteroatoms. The van der Waals surface area contributed by atoms with Crippen molar-refractivity contribution in [1.82, 2.24) is 5.32 Å². The highest BCUT2D eigenvalue weighted by Crippen LogP contribution is 2.29. The first kappa shape index (κ1) is 18.4. The molecule has 0 atom stereocenters. The van der Waals surface area contributed by atoms with Crippen molar-refractivity contribution in [3.05, 3.63) is 23.8 Å². The summed E-state index contributed by atoms with van der Waals surface area (Å²) in [6.45, 7) is -2.02. The number of nitrogens with one attached hydrogen (secondary N) is 1. The average molecular weight is 311 g/mol. The van der Waals surface area contributed by atoms with E-state index in [1.54, 1.807) is 0 Å². The van der Waals surface area contributed by atoms with Crippen molar-refractivity contribution in [3.63, 3.8) is 0 Å². The van der Waals surface area contributed by atoms with E-state index in [4.69, 9.17) is 10.5 Å². The average Bonchev–Trinajstić information content (AvgIpc) is 2.38. The van der Waals surface area contributed by atoms with Crippen LogP contribution in [0.15, 0.2) is 18.2 Å². The maximum Gasteiger partial charge on any atom is 0.387 e. The van der Waals surface area contributed by atoms with Gasteiger partial charge in [-0.3, -0.25) is 4.79 Å². The molecular formula is C12H17ClF2N2O3. The second-order valence-corrected chi connectivity index (χ2v) is 3.64. The van der Waals surface area contributed by atoms with E-state index in [0.717, 1.165) is 0 Å². The van der Waals surface area contributed by atoms with Crippen LogP contribution < -0.4 is 20.5 Å². The van der Waals surface area contributed by atoms with Crippen molar-refractivity contribution in [2.45, 2.75) is 13.0 Å². The van der Waals surface area contributed by atoms with E-state index in [2.05, 4.69) is 10.1 Å². The van der Waals surface area contributed by atoms with Crippen molar-refractivity contribution in [2.24, 2.45) is 5.73 Å². The lowest BCUT2D eigenvalue weighted by atomic mass is 10.2. The SMILES string of the molecule is COc1cc(C(=O)NCCCN)ccc1OC(F)F.Cl. The van der Waals surface area contributed by atoms with Gasteiger partial charge < -0.3 is 20.5 Å². The Morgan fingerprint density at radius 1 is 1.40 bits per heavy atom. The molecule has 0 saturated heterocycles. The molecule has 0 aromatic heterocycles. The number of rotatable bonds is 7. The molecule has 1 aromatic rings. The number of halogens is 3. The van der Waals surface area contributed by atoms with Gasteiger partial charge in [-0.05, 0) is 31.2 Å². The van der Waals surface area contributed by atoms with E-state index < -0.39 is 6.61 Å². The zero-order valence-electron chi connectivity index (χ0n) is 10.9. The monoisotopic (exact) mass is 310 g/mol. The highest BCUT2D eigenvalue weighted by Gasteiger charge is 2.13. The molecule has 114 valence electrons. The second-order valence-electron chi connectivity index (χ2n) is 3.64. The summed E-state index contributed by atoms with van der Waals surface area (Å²) in [5, 5.41) is 2.65. The number of hydrogen-bond acceptors (Lipinski definition) is 4. The summed E-state index contributed by atoms with van der Waals surface area (Å²) in [4.78, 5) is 11.7. The fourth-order valence-corrected chi connectivity index (χ4v) is 1.41. The topological polar surface area (TPSA) is 73.6 Å². The highest BCUT2D eigenvalue weighted by molar-refractivity contribution is 5.94. The molecule has 3 N–H and O–H groups in total. The Kier molecular flexibility index (Phi) is 8.58. The third-order valence-corrected chi connectivity index (χ3v) is 2.31. The van der Waals surface area contributed by atoms with Crippen LogP contribution in [0, 0.1) is 0 Å². The zero-order chi connectivity index (χ0) is 14.3. The summed E-state index contributed by atoms with van der Waals surface area (Å²) in [5.41, 5.74) is 5.61. The number of carbonyl (C=O) groups excluding carboxylic acids is 1. The van der Waals surface area contributed by atoms with E-state index in [9.17, 15) is 13.6 Å². The summed E-state index contributed by atoms with van der Waals surface area (Å²) in [6.07, 6.45) is 0.662.